The monoisotopic (exact) mass is 527 g/mol. The van der Waals surface area contributed by atoms with Crippen LogP contribution in [0.3, 0.4) is 0 Å². The number of alkyl halides is 3. The molecule has 3 aromatic carbocycles. The number of benzene rings is 3. The van der Waals surface area contributed by atoms with E-state index in [9.17, 15) is 17.6 Å². The van der Waals surface area contributed by atoms with Crippen molar-refractivity contribution in [2.75, 3.05) is 6.61 Å². The van der Waals surface area contributed by atoms with Gasteiger partial charge >= 0.3 is 6.18 Å². The van der Waals surface area contributed by atoms with Crippen molar-refractivity contribution in [2.24, 2.45) is 0 Å². The van der Waals surface area contributed by atoms with Gasteiger partial charge in [0.15, 0.2) is 0 Å². The number of aryl methyl sites for hydroxylation is 2. The largest absolute Gasteiger partial charge is 0.492 e. The van der Waals surface area contributed by atoms with Crippen molar-refractivity contribution >= 4 is 10.8 Å². The lowest BCUT2D eigenvalue weighted by Crippen LogP contribution is -2.08. The first-order chi connectivity index (χ1) is 18.3. The third-order valence-electron chi connectivity index (χ3n) is 6.60. The molecular weight excluding hydrogens is 497 g/mol. The molecule has 0 saturated carbocycles. The van der Waals surface area contributed by atoms with Crippen LogP contribution < -0.4 is 4.74 Å². The third-order valence-corrected chi connectivity index (χ3v) is 6.60. The first kappa shape index (κ1) is 27.6. The number of nitrogens with zero attached hydrogens (tertiary/aromatic N) is 1. The quantitative estimate of drug-likeness (QED) is 0.143. The molecule has 2 nitrogen and oxygen atoms in total. The van der Waals surface area contributed by atoms with Gasteiger partial charge in [-0.05, 0) is 66.1 Å². The summed E-state index contributed by atoms with van der Waals surface area (Å²) in [6.45, 7) is 2.85. The van der Waals surface area contributed by atoms with Crippen molar-refractivity contribution in [2.45, 2.75) is 58.0 Å². The predicted octanol–water partition coefficient (Wildman–Crippen LogP) is 9.33. The highest BCUT2D eigenvalue weighted by molar-refractivity contribution is 5.88. The minimum absolute atomic E-state index is 0.215. The Morgan fingerprint density at radius 1 is 0.816 bits per heavy atom. The third kappa shape index (κ3) is 6.88. The van der Waals surface area contributed by atoms with Gasteiger partial charge in [0.25, 0.3) is 0 Å². The number of fused-ring (bicyclic) bond motifs is 1. The number of ether oxygens (including phenoxy) is 1. The molecule has 4 rings (SSSR count). The summed E-state index contributed by atoms with van der Waals surface area (Å²) >= 11 is 0. The number of hydrogen-bond donors (Lipinski definition) is 0. The summed E-state index contributed by atoms with van der Waals surface area (Å²) in [4.78, 5) is 4.50. The molecule has 0 aliphatic heterocycles. The maximum Gasteiger partial charge on any atom is 0.419 e. The molecule has 7 heteroatoms. The molecule has 0 amide bonds. The predicted molar refractivity (Wildman–Crippen MR) is 140 cm³/mol. The van der Waals surface area contributed by atoms with Crippen molar-refractivity contribution in [3.05, 3.63) is 95.2 Å². The van der Waals surface area contributed by atoms with Gasteiger partial charge in [0.1, 0.15) is 17.4 Å². The molecule has 4 aromatic rings. The fourth-order valence-electron chi connectivity index (χ4n) is 4.44. The molecule has 0 N–H and O–H groups in total. The second kappa shape index (κ2) is 12.4. The average Bonchev–Trinajstić information content (AvgIpc) is 2.90. The smallest absolute Gasteiger partial charge is 0.419 e. The molecule has 1 aromatic heterocycles. The highest BCUT2D eigenvalue weighted by atomic mass is 19.4. The lowest BCUT2D eigenvalue weighted by atomic mass is 9.98. The van der Waals surface area contributed by atoms with Crippen LogP contribution >= 0.6 is 0 Å². The fourth-order valence-corrected chi connectivity index (χ4v) is 4.44. The van der Waals surface area contributed by atoms with E-state index in [1.165, 1.54) is 25.3 Å². The summed E-state index contributed by atoms with van der Waals surface area (Å²) < 4.78 is 73.2. The van der Waals surface area contributed by atoms with Crippen molar-refractivity contribution in [1.29, 1.82) is 0 Å². The van der Waals surface area contributed by atoms with Gasteiger partial charge in [0.2, 0.25) is 0 Å². The van der Waals surface area contributed by atoms with E-state index in [0.29, 0.717) is 34.3 Å². The van der Waals surface area contributed by atoms with Crippen LogP contribution in [0.25, 0.3) is 22.0 Å². The van der Waals surface area contributed by atoms with Crippen LogP contribution in [0.4, 0.5) is 22.0 Å². The lowest BCUT2D eigenvalue weighted by Gasteiger charge is -2.11. The zero-order chi connectivity index (χ0) is 27.1. The molecule has 200 valence electrons. The number of hydrogen-bond acceptors (Lipinski definition) is 2. The zero-order valence-electron chi connectivity index (χ0n) is 21.3. The van der Waals surface area contributed by atoms with Crippen LogP contribution in [0.15, 0.2) is 66.9 Å². The zero-order valence-corrected chi connectivity index (χ0v) is 21.3. The van der Waals surface area contributed by atoms with Gasteiger partial charge in [-0.2, -0.15) is 13.2 Å². The van der Waals surface area contributed by atoms with Gasteiger partial charge in [-0.3, -0.25) is 4.98 Å². The summed E-state index contributed by atoms with van der Waals surface area (Å²) in [6.07, 6.45) is 3.25. The summed E-state index contributed by atoms with van der Waals surface area (Å²) in [5.41, 5.74) is 1.08. The topological polar surface area (TPSA) is 22.1 Å². The van der Waals surface area contributed by atoms with E-state index in [4.69, 9.17) is 4.74 Å². The first-order valence-electron chi connectivity index (χ1n) is 12.9. The molecule has 0 saturated heterocycles. The SMILES string of the molecule is CCCCCCCOc1ccc(-c2ccc3c(F)c(CCc4ccc(C(F)(F)F)c(F)c4)ccc3c2)nc1. The number of pyridine rings is 1. The Bertz CT molecular complexity index is 1370. The molecule has 0 fully saturated rings. The van der Waals surface area contributed by atoms with Gasteiger partial charge in [-0.15, -0.1) is 0 Å². The van der Waals surface area contributed by atoms with Crippen LogP contribution in [0, 0.1) is 11.6 Å². The Balaban J connectivity index is 1.40. The number of aromatic nitrogens is 1. The normalized spacial score (nSPS) is 11.7. The molecular formula is C31H30F5NO. The number of rotatable bonds is 11. The van der Waals surface area contributed by atoms with Crippen LogP contribution in [0.5, 0.6) is 5.75 Å². The van der Waals surface area contributed by atoms with E-state index < -0.39 is 23.4 Å². The molecule has 0 aliphatic rings. The highest BCUT2D eigenvalue weighted by Crippen LogP contribution is 2.32. The van der Waals surface area contributed by atoms with Crippen LogP contribution in [-0.4, -0.2) is 11.6 Å². The minimum atomic E-state index is -4.75. The Kier molecular flexibility index (Phi) is 8.97. The highest BCUT2D eigenvalue weighted by Gasteiger charge is 2.33. The molecule has 0 unspecified atom stereocenters. The van der Waals surface area contributed by atoms with Crippen LogP contribution in [0.1, 0.15) is 55.7 Å². The van der Waals surface area contributed by atoms with Gasteiger partial charge in [-0.25, -0.2) is 8.78 Å². The van der Waals surface area contributed by atoms with E-state index in [1.54, 1.807) is 30.5 Å². The molecule has 0 atom stereocenters. The van der Waals surface area contributed by atoms with Crippen molar-refractivity contribution in [1.82, 2.24) is 4.98 Å². The van der Waals surface area contributed by atoms with Gasteiger partial charge in [-0.1, -0.05) is 62.9 Å². The van der Waals surface area contributed by atoms with E-state index in [1.807, 2.05) is 18.2 Å². The van der Waals surface area contributed by atoms with Crippen LogP contribution in [0.2, 0.25) is 0 Å². The van der Waals surface area contributed by atoms with E-state index in [-0.39, 0.29) is 12.8 Å². The Morgan fingerprint density at radius 3 is 2.34 bits per heavy atom. The minimum Gasteiger partial charge on any atom is -0.492 e. The molecule has 0 spiro atoms. The standard InChI is InChI=1S/C31H30F5NO/c1-2-3-4-5-6-17-38-25-13-16-29(37-20-25)24-12-14-26-23(19-24)11-10-22(30(26)33)9-7-21-8-15-27(28(32)18-21)31(34,35)36/h8,10-16,18-20H,2-7,9,17H2,1H3. The van der Waals surface area contributed by atoms with Crippen molar-refractivity contribution in [3.63, 3.8) is 0 Å². The molecule has 0 aliphatic carbocycles. The molecule has 1 heterocycles. The lowest BCUT2D eigenvalue weighted by molar-refractivity contribution is -0.140. The van der Waals surface area contributed by atoms with Gasteiger partial charge < -0.3 is 4.74 Å². The number of unbranched alkanes of at least 4 members (excludes halogenated alkanes) is 4. The van der Waals surface area contributed by atoms with E-state index in [2.05, 4.69) is 11.9 Å². The molecule has 0 bridgehead atoms. The van der Waals surface area contributed by atoms with Crippen molar-refractivity contribution < 1.29 is 26.7 Å². The van der Waals surface area contributed by atoms with Crippen LogP contribution in [-0.2, 0) is 19.0 Å². The van der Waals surface area contributed by atoms with Crippen molar-refractivity contribution in [3.8, 4) is 17.0 Å². The summed E-state index contributed by atoms with van der Waals surface area (Å²) in [5, 5.41) is 1.14. The van der Waals surface area contributed by atoms with E-state index >= 15 is 4.39 Å². The Hall–Kier alpha value is -3.48. The van der Waals surface area contributed by atoms with E-state index in [0.717, 1.165) is 36.2 Å². The number of halogens is 5. The van der Waals surface area contributed by atoms with Gasteiger partial charge in [0, 0.05) is 10.9 Å². The molecule has 0 radical (unpaired) electrons. The summed E-state index contributed by atoms with van der Waals surface area (Å²) in [7, 11) is 0. The Morgan fingerprint density at radius 2 is 1.63 bits per heavy atom. The molecule has 38 heavy (non-hydrogen) atoms. The Labute approximate surface area is 219 Å². The summed E-state index contributed by atoms with van der Waals surface area (Å²) in [6, 6.07) is 15.4. The first-order valence-corrected chi connectivity index (χ1v) is 12.9. The average molecular weight is 528 g/mol. The second-order valence-corrected chi connectivity index (χ2v) is 9.43. The van der Waals surface area contributed by atoms with Gasteiger partial charge in [0.05, 0.1) is 24.1 Å². The summed E-state index contributed by atoms with van der Waals surface area (Å²) in [5.74, 6) is -0.997. The second-order valence-electron chi connectivity index (χ2n) is 9.43. The maximum atomic E-state index is 15.2. The maximum absolute atomic E-state index is 15.2. The fraction of sp³-hybridized carbons (Fsp3) is 0.323.